The molecule has 4 rings (SSSR count). The van der Waals surface area contributed by atoms with Crippen LogP contribution >= 0.6 is 0 Å². The first-order chi connectivity index (χ1) is 18.4. The first kappa shape index (κ1) is 29.5. The summed E-state index contributed by atoms with van der Waals surface area (Å²) in [5.41, 5.74) is 2.62. The maximum Gasteiger partial charge on any atom is 0.118 e. The summed E-state index contributed by atoms with van der Waals surface area (Å²) in [6, 6.07) is 22.4. The zero-order valence-corrected chi connectivity index (χ0v) is 23.6. The van der Waals surface area contributed by atoms with Crippen LogP contribution in [0, 0.1) is 34.5 Å². The van der Waals surface area contributed by atoms with E-state index in [0.717, 1.165) is 37.7 Å². The van der Waals surface area contributed by atoms with E-state index in [4.69, 9.17) is 20.0 Å². The summed E-state index contributed by atoms with van der Waals surface area (Å²) in [6.45, 7) is 8.58. The van der Waals surface area contributed by atoms with Crippen molar-refractivity contribution < 1.29 is 9.47 Å². The lowest BCUT2D eigenvalue weighted by molar-refractivity contribution is 0.112. The van der Waals surface area contributed by atoms with Gasteiger partial charge in [-0.05, 0) is 86.8 Å². The maximum atomic E-state index is 8.84. The van der Waals surface area contributed by atoms with Crippen molar-refractivity contribution >= 4 is 0 Å². The second-order valence-corrected chi connectivity index (χ2v) is 10.9. The molecule has 6 heteroatoms. The number of nitrogens with zero attached hydrogens (tertiary/aromatic N) is 4. The van der Waals surface area contributed by atoms with E-state index in [-0.39, 0.29) is 0 Å². The van der Waals surface area contributed by atoms with Gasteiger partial charge in [-0.3, -0.25) is 9.80 Å². The summed E-state index contributed by atoms with van der Waals surface area (Å²) < 4.78 is 10.4. The molecule has 2 aromatic carbocycles. The molecule has 0 aliphatic carbocycles. The largest absolute Gasteiger partial charge is 0.497 e. The Balaban J connectivity index is 0.000000211. The van der Waals surface area contributed by atoms with Crippen molar-refractivity contribution in [2.45, 2.75) is 77.5 Å². The number of hydrogen-bond donors (Lipinski definition) is 0. The van der Waals surface area contributed by atoms with E-state index in [0.29, 0.717) is 36.8 Å². The van der Waals surface area contributed by atoms with E-state index < -0.39 is 0 Å². The first-order valence-corrected chi connectivity index (χ1v) is 13.9. The van der Waals surface area contributed by atoms with Gasteiger partial charge in [0.05, 0.1) is 26.4 Å². The molecule has 6 nitrogen and oxygen atoms in total. The molecule has 2 aliphatic rings. The minimum atomic E-state index is 0.541. The normalized spacial score (nSPS) is 23.8. The maximum absolute atomic E-state index is 8.84. The van der Waals surface area contributed by atoms with Crippen LogP contribution in [0.5, 0.6) is 11.5 Å². The molecule has 2 heterocycles. The van der Waals surface area contributed by atoms with Gasteiger partial charge in [-0.15, -0.1) is 0 Å². The van der Waals surface area contributed by atoms with Crippen LogP contribution in [0.2, 0.25) is 0 Å². The average Bonchev–Trinajstić information content (AvgIpc) is 2.94. The number of nitriles is 2. The summed E-state index contributed by atoms with van der Waals surface area (Å²) in [5.74, 6) is 2.88. The second kappa shape index (κ2) is 15.4. The van der Waals surface area contributed by atoms with Gasteiger partial charge in [-0.2, -0.15) is 10.5 Å². The molecule has 0 bridgehead atoms. The van der Waals surface area contributed by atoms with E-state index in [9.17, 15) is 0 Å². The minimum absolute atomic E-state index is 0.541. The Morgan fingerprint density at radius 2 is 1.03 bits per heavy atom. The fraction of sp³-hybridized carbons (Fsp3) is 0.562. The lowest BCUT2D eigenvalue weighted by Gasteiger charge is -2.37. The predicted molar refractivity (Wildman–Crippen MR) is 152 cm³/mol. The van der Waals surface area contributed by atoms with Crippen molar-refractivity contribution in [3.8, 4) is 23.6 Å². The SMILES string of the molecule is COc1ccc(CN2C[C@@H](CC#N)CCC2C)cc1.COc1ccc(CN2C[C@H](CC#N)CCC2C)cc1. The predicted octanol–water partition coefficient (Wildman–Crippen LogP) is 6.42. The highest BCUT2D eigenvalue weighted by Crippen LogP contribution is 2.27. The number of likely N-dealkylation sites (tertiary alicyclic amines) is 2. The van der Waals surface area contributed by atoms with Crippen molar-refractivity contribution in [2.75, 3.05) is 27.3 Å². The molecule has 2 saturated heterocycles. The molecule has 2 aliphatic heterocycles. The Kier molecular flexibility index (Phi) is 11.9. The van der Waals surface area contributed by atoms with Crippen LogP contribution in [0.3, 0.4) is 0 Å². The molecule has 38 heavy (non-hydrogen) atoms. The molecular weight excluding hydrogens is 472 g/mol. The third-order valence-corrected chi connectivity index (χ3v) is 8.07. The number of methoxy groups -OCH3 is 2. The van der Waals surface area contributed by atoms with Crippen LogP contribution < -0.4 is 9.47 Å². The molecule has 2 unspecified atom stereocenters. The zero-order chi connectivity index (χ0) is 27.3. The number of ether oxygens (including phenoxy) is 2. The zero-order valence-electron chi connectivity index (χ0n) is 23.6. The first-order valence-electron chi connectivity index (χ1n) is 13.9. The Morgan fingerprint density at radius 3 is 1.34 bits per heavy atom. The van der Waals surface area contributed by atoms with Gasteiger partial charge < -0.3 is 9.47 Å². The molecule has 0 spiro atoms. The summed E-state index contributed by atoms with van der Waals surface area (Å²) in [7, 11) is 3.38. The topological polar surface area (TPSA) is 72.5 Å². The molecule has 0 radical (unpaired) electrons. The monoisotopic (exact) mass is 516 g/mol. The van der Waals surface area contributed by atoms with E-state index in [1.807, 2.05) is 24.3 Å². The van der Waals surface area contributed by atoms with Crippen LogP contribution in [0.1, 0.15) is 63.5 Å². The molecule has 4 atom stereocenters. The molecule has 204 valence electrons. The lowest BCUT2D eigenvalue weighted by atomic mass is 9.91. The van der Waals surface area contributed by atoms with Crippen LogP contribution in [-0.2, 0) is 13.1 Å². The smallest absolute Gasteiger partial charge is 0.118 e. The molecule has 2 aromatic rings. The highest BCUT2D eigenvalue weighted by molar-refractivity contribution is 5.28. The quantitative estimate of drug-likeness (QED) is 0.403. The van der Waals surface area contributed by atoms with Crippen LogP contribution in [0.15, 0.2) is 48.5 Å². The van der Waals surface area contributed by atoms with Gasteiger partial charge in [-0.25, -0.2) is 0 Å². The van der Waals surface area contributed by atoms with Gasteiger partial charge >= 0.3 is 0 Å². The highest BCUT2D eigenvalue weighted by atomic mass is 16.5. The Labute approximate surface area is 229 Å². The average molecular weight is 517 g/mol. The van der Waals surface area contributed by atoms with Crippen molar-refractivity contribution in [2.24, 2.45) is 11.8 Å². The number of hydrogen-bond acceptors (Lipinski definition) is 6. The fourth-order valence-corrected chi connectivity index (χ4v) is 5.49. The molecule has 0 amide bonds. The standard InChI is InChI=1S/2C16H22N2O/c2*1-13-3-4-15(9-10-17)12-18(13)11-14-5-7-16(19-2)8-6-14/h2*5-8,13,15H,3-4,9,11-12H2,1-2H3/t2*13?,15-/m10/s1. The molecule has 0 N–H and O–H groups in total. The van der Waals surface area contributed by atoms with Crippen molar-refractivity contribution in [3.63, 3.8) is 0 Å². The summed E-state index contributed by atoms with van der Waals surface area (Å²) >= 11 is 0. The van der Waals surface area contributed by atoms with Crippen molar-refractivity contribution in [1.82, 2.24) is 9.80 Å². The van der Waals surface area contributed by atoms with Crippen LogP contribution in [-0.4, -0.2) is 49.2 Å². The third-order valence-electron chi connectivity index (χ3n) is 8.07. The molecule has 2 fully saturated rings. The molecule has 0 saturated carbocycles. The van der Waals surface area contributed by atoms with Gasteiger partial charge in [0.15, 0.2) is 0 Å². The number of rotatable bonds is 8. The van der Waals surface area contributed by atoms with Crippen molar-refractivity contribution in [1.29, 1.82) is 10.5 Å². The Hall–Kier alpha value is -3.06. The van der Waals surface area contributed by atoms with E-state index in [1.54, 1.807) is 14.2 Å². The van der Waals surface area contributed by atoms with Gasteiger partial charge in [0.1, 0.15) is 11.5 Å². The van der Waals surface area contributed by atoms with Crippen LogP contribution in [0.25, 0.3) is 0 Å². The van der Waals surface area contributed by atoms with E-state index >= 15 is 0 Å². The summed E-state index contributed by atoms with van der Waals surface area (Å²) in [5, 5.41) is 17.7. The van der Waals surface area contributed by atoms with E-state index in [1.165, 1.54) is 36.8 Å². The number of piperidine rings is 2. The summed E-state index contributed by atoms with van der Waals surface area (Å²) in [6.07, 6.45) is 6.14. The van der Waals surface area contributed by atoms with Gasteiger partial charge in [0.2, 0.25) is 0 Å². The molecular formula is C32H44N4O2. The van der Waals surface area contributed by atoms with Gasteiger partial charge in [-0.1, -0.05) is 24.3 Å². The van der Waals surface area contributed by atoms with Gasteiger partial charge in [0, 0.05) is 51.1 Å². The third kappa shape index (κ3) is 9.05. The Morgan fingerprint density at radius 1 is 0.658 bits per heavy atom. The fourth-order valence-electron chi connectivity index (χ4n) is 5.49. The second-order valence-electron chi connectivity index (χ2n) is 10.9. The minimum Gasteiger partial charge on any atom is -0.497 e. The number of benzene rings is 2. The summed E-state index contributed by atoms with van der Waals surface area (Å²) in [4.78, 5) is 4.99. The molecule has 0 aromatic heterocycles. The lowest BCUT2D eigenvalue weighted by Crippen LogP contribution is -2.41. The van der Waals surface area contributed by atoms with Crippen LogP contribution in [0.4, 0.5) is 0 Å². The Bertz CT molecular complexity index is 956. The van der Waals surface area contributed by atoms with Gasteiger partial charge in [0.25, 0.3) is 0 Å². The van der Waals surface area contributed by atoms with E-state index in [2.05, 4.69) is 60.1 Å². The highest BCUT2D eigenvalue weighted by Gasteiger charge is 2.26. The van der Waals surface area contributed by atoms with Crippen molar-refractivity contribution in [3.05, 3.63) is 59.7 Å².